The molecule has 1 aliphatic heterocycles. The Morgan fingerprint density at radius 3 is 2.95 bits per heavy atom. The minimum Gasteiger partial charge on any atom is -0.497 e. The molecule has 1 aromatic carbocycles. The average Bonchev–Trinajstić information content (AvgIpc) is 2.92. The number of hydrogen-bond donors (Lipinski definition) is 3. The Morgan fingerprint density at radius 2 is 2.24 bits per heavy atom. The van der Waals surface area contributed by atoms with Crippen LogP contribution >= 0.6 is 0 Å². The van der Waals surface area contributed by atoms with E-state index in [0.29, 0.717) is 44.2 Å². The highest BCUT2D eigenvalue weighted by Gasteiger charge is 2.31. The molecule has 6 nitrogen and oxygen atoms in total. The second-order valence-electron chi connectivity index (χ2n) is 5.30. The van der Waals surface area contributed by atoms with Crippen LogP contribution in [0.5, 0.6) is 11.5 Å². The molecule has 6 heteroatoms. The van der Waals surface area contributed by atoms with Gasteiger partial charge in [0.1, 0.15) is 29.8 Å². The first kappa shape index (κ1) is 16.0. The maximum atomic E-state index is 10.1. The zero-order chi connectivity index (χ0) is 15.1. The molecule has 118 valence electrons. The Balaban J connectivity index is 1.66. The number of ether oxygens (including phenoxy) is 3. The summed E-state index contributed by atoms with van der Waals surface area (Å²) >= 11 is 0. The summed E-state index contributed by atoms with van der Waals surface area (Å²) in [5.74, 6) is 1.36. The van der Waals surface area contributed by atoms with Gasteiger partial charge in [-0.15, -0.1) is 0 Å². The van der Waals surface area contributed by atoms with Crippen molar-refractivity contribution in [3.63, 3.8) is 0 Å². The molecular weight excluding hydrogens is 274 g/mol. The van der Waals surface area contributed by atoms with E-state index in [1.54, 1.807) is 19.2 Å². The molecule has 2 rings (SSSR count). The van der Waals surface area contributed by atoms with Crippen LogP contribution in [0, 0.1) is 0 Å². The largest absolute Gasteiger partial charge is 0.497 e. The van der Waals surface area contributed by atoms with E-state index in [1.807, 2.05) is 12.1 Å². The van der Waals surface area contributed by atoms with Crippen LogP contribution in [0.15, 0.2) is 24.3 Å². The van der Waals surface area contributed by atoms with Crippen molar-refractivity contribution in [2.75, 3.05) is 40.0 Å². The van der Waals surface area contributed by atoms with Crippen molar-refractivity contribution in [3.8, 4) is 11.5 Å². The topological polar surface area (TPSA) is 80.2 Å². The first-order valence-electron chi connectivity index (χ1n) is 7.07. The molecule has 0 amide bonds. The zero-order valence-corrected chi connectivity index (χ0v) is 12.2. The lowest BCUT2D eigenvalue weighted by atomic mass is 10.0. The average molecular weight is 297 g/mol. The van der Waals surface area contributed by atoms with Crippen molar-refractivity contribution >= 4 is 0 Å². The molecule has 0 aromatic heterocycles. The molecule has 1 fully saturated rings. The predicted octanol–water partition coefficient (Wildman–Crippen LogP) is 0.176. The SMILES string of the molecule is COc1cccc(OCC(O)CNCC2(O)CCOC2)c1. The molecule has 2 unspecified atom stereocenters. The fraction of sp³-hybridized carbons (Fsp3) is 0.600. The number of rotatable bonds is 8. The highest BCUT2D eigenvalue weighted by Crippen LogP contribution is 2.19. The fourth-order valence-electron chi connectivity index (χ4n) is 2.15. The molecule has 0 spiro atoms. The second kappa shape index (κ2) is 7.61. The number of aliphatic hydroxyl groups is 2. The first-order chi connectivity index (χ1) is 10.1. The Labute approximate surface area is 124 Å². The summed E-state index contributed by atoms with van der Waals surface area (Å²) in [5.41, 5.74) is -0.812. The van der Waals surface area contributed by atoms with E-state index < -0.39 is 11.7 Å². The molecule has 21 heavy (non-hydrogen) atoms. The van der Waals surface area contributed by atoms with Crippen LogP contribution in [0.4, 0.5) is 0 Å². The van der Waals surface area contributed by atoms with Gasteiger partial charge in [-0.05, 0) is 12.1 Å². The minimum absolute atomic E-state index is 0.176. The number of hydrogen-bond acceptors (Lipinski definition) is 6. The molecule has 1 aromatic rings. The normalized spacial score (nSPS) is 23.0. The standard InChI is InChI=1S/C15H23NO5/c1-19-13-3-2-4-14(7-13)21-9-12(17)8-16-10-15(18)5-6-20-11-15/h2-4,7,12,16-18H,5-6,8-11H2,1H3. The summed E-state index contributed by atoms with van der Waals surface area (Å²) < 4.78 is 15.8. The number of aliphatic hydroxyl groups excluding tert-OH is 1. The molecule has 0 saturated carbocycles. The van der Waals surface area contributed by atoms with Gasteiger partial charge in [0, 0.05) is 32.2 Å². The molecule has 2 atom stereocenters. The number of benzene rings is 1. The maximum absolute atomic E-state index is 10.1. The van der Waals surface area contributed by atoms with E-state index in [1.165, 1.54) is 0 Å². The van der Waals surface area contributed by atoms with Crippen molar-refractivity contribution in [3.05, 3.63) is 24.3 Å². The van der Waals surface area contributed by atoms with Crippen LogP contribution in [0.25, 0.3) is 0 Å². The lowest BCUT2D eigenvalue weighted by molar-refractivity contribution is 0.0226. The van der Waals surface area contributed by atoms with Gasteiger partial charge in [0.05, 0.1) is 13.7 Å². The van der Waals surface area contributed by atoms with Crippen molar-refractivity contribution in [2.24, 2.45) is 0 Å². The second-order valence-corrected chi connectivity index (χ2v) is 5.30. The van der Waals surface area contributed by atoms with Crippen molar-refractivity contribution in [2.45, 2.75) is 18.1 Å². The molecule has 0 aliphatic carbocycles. The summed E-state index contributed by atoms with van der Waals surface area (Å²) in [6.45, 7) is 1.86. The van der Waals surface area contributed by atoms with Gasteiger partial charge in [-0.1, -0.05) is 6.07 Å². The monoisotopic (exact) mass is 297 g/mol. The summed E-state index contributed by atoms with van der Waals surface area (Å²) in [5, 5.41) is 23.0. The third kappa shape index (κ3) is 5.17. The van der Waals surface area contributed by atoms with E-state index in [2.05, 4.69) is 5.32 Å². The molecule has 0 bridgehead atoms. The van der Waals surface area contributed by atoms with Crippen LogP contribution in [0.2, 0.25) is 0 Å². The quantitative estimate of drug-likeness (QED) is 0.635. The predicted molar refractivity (Wildman–Crippen MR) is 77.8 cm³/mol. The van der Waals surface area contributed by atoms with Crippen molar-refractivity contribution < 1.29 is 24.4 Å². The van der Waals surface area contributed by atoms with Crippen LogP contribution in [0.3, 0.4) is 0 Å². The van der Waals surface area contributed by atoms with Gasteiger partial charge < -0.3 is 29.7 Å². The van der Waals surface area contributed by atoms with Gasteiger partial charge in [0.2, 0.25) is 0 Å². The number of methoxy groups -OCH3 is 1. The molecule has 1 heterocycles. The van der Waals surface area contributed by atoms with Gasteiger partial charge >= 0.3 is 0 Å². The van der Waals surface area contributed by atoms with Crippen LogP contribution in [-0.4, -0.2) is 61.9 Å². The van der Waals surface area contributed by atoms with Crippen LogP contribution in [0.1, 0.15) is 6.42 Å². The Kier molecular flexibility index (Phi) is 5.81. The van der Waals surface area contributed by atoms with Gasteiger partial charge in [-0.25, -0.2) is 0 Å². The van der Waals surface area contributed by atoms with Gasteiger partial charge in [0.15, 0.2) is 0 Å². The van der Waals surface area contributed by atoms with E-state index in [0.717, 1.165) is 0 Å². The van der Waals surface area contributed by atoms with E-state index in [4.69, 9.17) is 14.2 Å². The first-order valence-corrected chi connectivity index (χ1v) is 7.07. The van der Waals surface area contributed by atoms with Crippen molar-refractivity contribution in [1.29, 1.82) is 0 Å². The summed E-state index contributed by atoms with van der Waals surface area (Å²) in [6.07, 6.45) is -0.0294. The minimum atomic E-state index is -0.812. The highest BCUT2D eigenvalue weighted by molar-refractivity contribution is 5.32. The van der Waals surface area contributed by atoms with E-state index >= 15 is 0 Å². The lowest BCUT2D eigenvalue weighted by Gasteiger charge is -2.22. The summed E-state index contributed by atoms with van der Waals surface area (Å²) in [6, 6.07) is 7.23. The fourth-order valence-corrected chi connectivity index (χ4v) is 2.15. The molecule has 0 radical (unpaired) electrons. The Morgan fingerprint density at radius 1 is 1.43 bits per heavy atom. The third-order valence-corrected chi connectivity index (χ3v) is 3.40. The molecular formula is C15H23NO5. The summed E-state index contributed by atoms with van der Waals surface area (Å²) in [4.78, 5) is 0. The van der Waals surface area contributed by atoms with Crippen molar-refractivity contribution in [1.82, 2.24) is 5.32 Å². The molecule has 3 N–H and O–H groups in total. The van der Waals surface area contributed by atoms with Gasteiger partial charge in [-0.2, -0.15) is 0 Å². The highest BCUT2D eigenvalue weighted by atomic mass is 16.5. The smallest absolute Gasteiger partial charge is 0.123 e. The van der Waals surface area contributed by atoms with Crippen LogP contribution < -0.4 is 14.8 Å². The molecule has 1 saturated heterocycles. The zero-order valence-electron chi connectivity index (χ0n) is 12.2. The Bertz CT molecular complexity index is 434. The third-order valence-electron chi connectivity index (χ3n) is 3.40. The maximum Gasteiger partial charge on any atom is 0.123 e. The van der Waals surface area contributed by atoms with E-state index in [-0.39, 0.29) is 6.61 Å². The van der Waals surface area contributed by atoms with Gasteiger partial charge in [-0.3, -0.25) is 0 Å². The van der Waals surface area contributed by atoms with Crippen LogP contribution in [-0.2, 0) is 4.74 Å². The van der Waals surface area contributed by atoms with E-state index in [9.17, 15) is 10.2 Å². The lowest BCUT2D eigenvalue weighted by Crippen LogP contribution is -2.44. The molecule has 1 aliphatic rings. The number of nitrogens with one attached hydrogen (secondary N) is 1. The summed E-state index contributed by atoms with van der Waals surface area (Å²) in [7, 11) is 1.59. The Hall–Kier alpha value is -1.34. The van der Waals surface area contributed by atoms with Gasteiger partial charge in [0.25, 0.3) is 0 Å².